The molecule has 0 bridgehead atoms. The number of cyclic esters (lactones) is 1. The molecule has 1 aliphatic rings. The van der Waals surface area contributed by atoms with E-state index in [1.807, 2.05) is 35.7 Å². The van der Waals surface area contributed by atoms with Crippen molar-refractivity contribution in [3.05, 3.63) is 113 Å². The Hall–Kier alpha value is -4.30. The van der Waals surface area contributed by atoms with E-state index in [0.29, 0.717) is 5.75 Å². The molecule has 1 fully saturated rings. The van der Waals surface area contributed by atoms with Crippen LogP contribution in [0.3, 0.4) is 0 Å². The first kappa shape index (κ1) is 32.1. The third-order valence-corrected chi connectivity index (χ3v) is 9.97. The zero-order chi connectivity index (χ0) is 32.0. The van der Waals surface area contributed by atoms with Crippen LogP contribution in [0.4, 0.5) is 14.9 Å². The number of hydrogen-bond acceptors (Lipinski definition) is 8. The SMILES string of the molecule is COc1cccc(S(=O)(=O)N(Cc2cccs2)C[C@@H](O)[C@H](Cc2ccccc2)NC(=O)[C@@H]2CN(c3cccc(F)c3)C(=O)O2)c1. The van der Waals surface area contributed by atoms with Gasteiger partial charge in [-0.2, -0.15) is 4.31 Å². The van der Waals surface area contributed by atoms with Crippen LogP contribution in [0.1, 0.15) is 10.4 Å². The predicted molar refractivity (Wildman–Crippen MR) is 167 cm³/mol. The van der Waals surface area contributed by atoms with Crippen molar-refractivity contribution in [2.45, 2.75) is 36.1 Å². The molecule has 0 unspecified atom stereocenters. The first-order valence-corrected chi connectivity index (χ1v) is 16.4. The smallest absolute Gasteiger partial charge is 0.415 e. The maximum Gasteiger partial charge on any atom is 0.415 e. The summed E-state index contributed by atoms with van der Waals surface area (Å²) >= 11 is 1.38. The van der Waals surface area contributed by atoms with Crippen LogP contribution in [0.15, 0.2) is 101 Å². The fraction of sp³-hybridized carbons (Fsp3) is 0.250. The minimum atomic E-state index is -4.12. The second-order valence-corrected chi connectivity index (χ2v) is 13.4. The third kappa shape index (κ3) is 7.87. The van der Waals surface area contributed by atoms with Crippen LogP contribution in [0.2, 0.25) is 0 Å². The average molecular weight is 654 g/mol. The van der Waals surface area contributed by atoms with Gasteiger partial charge in [0.2, 0.25) is 10.0 Å². The standard InChI is InChI=1S/C32H32FN3O7S2/c1-42-25-12-6-14-27(18-25)45(40,41)35(19-26-13-7-15-44-26)20-29(37)28(16-22-8-3-2-4-9-22)34-31(38)30-21-36(32(39)43-30)24-11-5-10-23(33)17-24/h2-15,17-18,28-30,37H,16,19-21H2,1H3,(H,34,38)/t28-,29+,30-/m0/s1. The Bertz CT molecular complexity index is 1720. The fourth-order valence-electron chi connectivity index (χ4n) is 4.95. The quantitative estimate of drug-likeness (QED) is 0.222. The van der Waals surface area contributed by atoms with Gasteiger partial charge in [-0.15, -0.1) is 11.3 Å². The Labute approximate surface area is 264 Å². The molecule has 2 heterocycles. The van der Waals surface area contributed by atoms with Crippen LogP contribution in [-0.4, -0.2) is 68.3 Å². The van der Waals surface area contributed by atoms with Gasteiger partial charge in [-0.05, 0) is 53.8 Å². The van der Waals surface area contributed by atoms with Crippen LogP contribution in [-0.2, 0) is 32.5 Å². The van der Waals surface area contributed by atoms with Gasteiger partial charge in [0, 0.05) is 24.0 Å². The summed E-state index contributed by atoms with van der Waals surface area (Å²) in [5.74, 6) is -0.863. The number of carbonyl (C=O) groups is 2. The van der Waals surface area contributed by atoms with E-state index in [1.54, 1.807) is 24.3 Å². The summed E-state index contributed by atoms with van der Waals surface area (Å²) in [6.45, 7) is -0.533. The van der Waals surface area contributed by atoms with Crippen molar-refractivity contribution in [1.82, 2.24) is 9.62 Å². The van der Waals surface area contributed by atoms with Crippen molar-refractivity contribution in [2.75, 3.05) is 25.1 Å². The molecule has 236 valence electrons. The van der Waals surface area contributed by atoms with E-state index in [2.05, 4.69) is 5.32 Å². The highest BCUT2D eigenvalue weighted by molar-refractivity contribution is 7.89. The number of benzene rings is 3. The maximum atomic E-state index is 13.9. The van der Waals surface area contributed by atoms with E-state index in [0.717, 1.165) is 21.4 Å². The Morgan fingerprint density at radius 1 is 1.11 bits per heavy atom. The van der Waals surface area contributed by atoms with Crippen molar-refractivity contribution in [2.24, 2.45) is 0 Å². The van der Waals surface area contributed by atoms with Crippen LogP contribution in [0, 0.1) is 5.82 Å². The summed E-state index contributed by atoms with van der Waals surface area (Å²) in [6, 6.07) is 23.2. The highest BCUT2D eigenvalue weighted by Crippen LogP contribution is 2.26. The van der Waals surface area contributed by atoms with Gasteiger partial charge < -0.3 is 19.9 Å². The Balaban J connectivity index is 1.38. The number of carbonyl (C=O) groups excluding carboxylic acids is 2. The maximum absolute atomic E-state index is 13.9. The predicted octanol–water partition coefficient (Wildman–Crippen LogP) is 4.20. The highest BCUT2D eigenvalue weighted by atomic mass is 32.2. The molecule has 1 aliphatic heterocycles. The molecule has 1 saturated heterocycles. The number of ether oxygens (including phenoxy) is 2. The minimum absolute atomic E-state index is 0.00967. The Morgan fingerprint density at radius 2 is 1.89 bits per heavy atom. The van der Waals surface area contributed by atoms with Crippen LogP contribution in [0.5, 0.6) is 5.75 Å². The van der Waals surface area contributed by atoms with E-state index >= 15 is 0 Å². The van der Waals surface area contributed by atoms with Gasteiger partial charge in [-0.25, -0.2) is 17.6 Å². The Morgan fingerprint density at radius 3 is 2.60 bits per heavy atom. The van der Waals surface area contributed by atoms with Gasteiger partial charge in [0.1, 0.15) is 11.6 Å². The molecule has 4 aromatic rings. The molecular formula is C32H32FN3O7S2. The number of nitrogens with zero attached hydrogens (tertiary/aromatic N) is 2. The summed E-state index contributed by atoms with van der Waals surface area (Å²) in [7, 11) is -2.68. The molecule has 13 heteroatoms. The summed E-state index contributed by atoms with van der Waals surface area (Å²) in [5.41, 5.74) is 1.02. The van der Waals surface area contributed by atoms with Crippen molar-refractivity contribution in [3.63, 3.8) is 0 Å². The van der Waals surface area contributed by atoms with Gasteiger partial charge >= 0.3 is 6.09 Å². The van der Waals surface area contributed by atoms with Crippen LogP contribution < -0.4 is 15.0 Å². The third-order valence-electron chi connectivity index (χ3n) is 7.30. The second kappa shape index (κ2) is 14.2. The number of aliphatic hydroxyl groups is 1. The summed E-state index contributed by atoms with van der Waals surface area (Å²) in [4.78, 5) is 27.9. The van der Waals surface area contributed by atoms with Crippen molar-refractivity contribution in [1.29, 1.82) is 0 Å². The lowest BCUT2D eigenvalue weighted by Crippen LogP contribution is -2.53. The Kier molecular flexibility index (Phi) is 10.1. The van der Waals surface area contributed by atoms with Gasteiger partial charge in [0.25, 0.3) is 5.91 Å². The number of rotatable bonds is 13. The first-order valence-electron chi connectivity index (χ1n) is 14.1. The van der Waals surface area contributed by atoms with E-state index in [-0.39, 0.29) is 36.6 Å². The van der Waals surface area contributed by atoms with E-state index in [1.165, 1.54) is 53.1 Å². The van der Waals surface area contributed by atoms with Gasteiger partial charge in [0.15, 0.2) is 6.10 Å². The zero-order valence-corrected chi connectivity index (χ0v) is 25.9. The molecule has 3 aromatic carbocycles. The number of sulfonamides is 1. The molecule has 0 radical (unpaired) electrons. The highest BCUT2D eigenvalue weighted by Gasteiger charge is 2.39. The van der Waals surface area contributed by atoms with Crippen molar-refractivity contribution < 1.29 is 37.0 Å². The number of methoxy groups -OCH3 is 1. The van der Waals surface area contributed by atoms with Crippen molar-refractivity contribution >= 4 is 39.0 Å². The van der Waals surface area contributed by atoms with Crippen LogP contribution >= 0.6 is 11.3 Å². The fourth-order valence-corrected chi connectivity index (χ4v) is 7.22. The molecule has 2 N–H and O–H groups in total. The zero-order valence-electron chi connectivity index (χ0n) is 24.3. The number of hydrogen-bond donors (Lipinski definition) is 2. The van der Waals surface area contributed by atoms with Crippen LogP contribution in [0.25, 0.3) is 0 Å². The minimum Gasteiger partial charge on any atom is -0.497 e. The van der Waals surface area contributed by atoms with E-state index in [4.69, 9.17) is 9.47 Å². The van der Waals surface area contributed by atoms with Gasteiger partial charge in [0.05, 0.1) is 36.4 Å². The molecule has 0 saturated carbocycles. The number of thiophene rings is 1. The second-order valence-electron chi connectivity index (χ2n) is 10.4. The summed E-state index contributed by atoms with van der Waals surface area (Å²) in [6.07, 6.45) is -3.26. The summed E-state index contributed by atoms with van der Waals surface area (Å²) in [5, 5.41) is 16.2. The molecule has 45 heavy (non-hydrogen) atoms. The molecule has 5 rings (SSSR count). The summed E-state index contributed by atoms with van der Waals surface area (Å²) < 4.78 is 53.3. The molecular weight excluding hydrogens is 621 g/mol. The number of nitrogens with one attached hydrogen (secondary N) is 1. The monoisotopic (exact) mass is 653 g/mol. The van der Waals surface area contributed by atoms with Gasteiger partial charge in [-0.3, -0.25) is 9.69 Å². The number of anilines is 1. The molecule has 3 atom stereocenters. The topological polar surface area (TPSA) is 125 Å². The molecule has 0 spiro atoms. The van der Waals surface area contributed by atoms with E-state index < -0.39 is 46.1 Å². The van der Waals surface area contributed by atoms with Crippen molar-refractivity contribution in [3.8, 4) is 5.75 Å². The van der Waals surface area contributed by atoms with Gasteiger partial charge in [-0.1, -0.05) is 48.5 Å². The lowest BCUT2D eigenvalue weighted by atomic mass is 10.0. The average Bonchev–Trinajstić information content (AvgIpc) is 3.70. The number of amides is 2. The number of aliphatic hydroxyl groups excluding tert-OH is 1. The molecule has 0 aliphatic carbocycles. The van der Waals surface area contributed by atoms with E-state index in [9.17, 15) is 27.5 Å². The molecule has 1 aromatic heterocycles. The largest absolute Gasteiger partial charge is 0.497 e. The lowest BCUT2D eigenvalue weighted by molar-refractivity contribution is -0.129. The first-order chi connectivity index (χ1) is 21.6. The molecule has 2 amide bonds. The normalized spacial score (nSPS) is 16.3. The number of halogens is 1. The molecule has 10 nitrogen and oxygen atoms in total. The lowest BCUT2D eigenvalue weighted by Gasteiger charge is -2.30.